The SMILES string of the molecule is COCC1(S(=O)(=O)NC(C(=O)O)c2ccnn2C)CCC1. The number of hydrogen-bond donors (Lipinski definition) is 2. The van der Waals surface area contributed by atoms with Gasteiger partial charge in [0.05, 0.1) is 12.3 Å². The highest BCUT2D eigenvalue weighted by atomic mass is 32.2. The van der Waals surface area contributed by atoms with E-state index < -0.39 is 26.8 Å². The van der Waals surface area contributed by atoms with Crippen molar-refractivity contribution in [2.45, 2.75) is 30.1 Å². The molecule has 1 heterocycles. The largest absolute Gasteiger partial charge is 0.480 e. The number of carbonyl (C=O) groups is 1. The third-order valence-electron chi connectivity index (χ3n) is 3.92. The van der Waals surface area contributed by atoms with E-state index in [9.17, 15) is 18.3 Å². The number of sulfonamides is 1. The molecule has 1 saturated carbocycles. The van der Waals surface area contributed by atoms with Crippen molar-refractivity contribution in [1.82, 2.24) is 14.5 Å². The molecule has 0 aromatic carbocycles. The lowest BCUT2D eigenvalue weighted by molar-refractivity contribution is -0.139. The van der Waals surface area contributed by atoms with E-state index in [0.717, 1.165) is 6.42 Å². The molecule has 118 valence electrons. The Morgan fingerprint density at radius 3 is 2.67 bits per heavy atom. The van der Waals surface area contributed by atoms with E-state index in [1.165, 1.54) is 24.1 Å². The molecule has 8 nitrogen and oxygen atoms in total. The molecule has 0 bridgehead atoms. The second-order valence-electron chi connectivity index (χ2n) is 5.24. The van der Waals surface area contributed by atoms with E-state index in [1.54, 1.807) is 7.05 Å². The van der Waals surface area contributed by atoms with Gasteiger partial charge in [0.1, 0.15) is 4.75 Å². The van der Waals surface area contributed by atoms with Gasteiger partial charge in [-0.25, -0.2) is 8.42 Å². The maximum atomic E-state index is 12.6. The molecule has 2 N–H and O–H groups in total. The van der Waals surface area contributed by atoms with Crippen molar-refractivity contribution in [2.75, 3.05) is 13.7 Å². The summed E-state index contributed by atoms with van der Waals surface area (Å²) in [5, 5.41) is 13.2. The molecule has 1 atom stereocenters. The van der Waals surface area contributed by atoms with Crippen LogP contribution in [0.25, 0.3) is 0 Å². The molecular weight excluding hydrogens is 298 g/mol. The Morgan fingerprint density at radius 1 is 1.62 bits per heavy atom. The molecule has 9 heteroatoms. The highest BCUT2D eigenvalue weighted by Crippen LogP contribution is 2.39. The number of nitrogens with zero attached hydrogens (tertiary/aromatic N) is 2. The molecule has 2 rings (SSSR count). The monoisotopic (exact) mass is 317 g/mol. The molecule has 1 aliphatic carbocycles. The summed E-state index contributed by atoms with van der Waals surface area (Å²) in [5.74, 6) is -1.27. The standard InChI is InChI=1S/C12H19N3O5S/c1-15-9(4-7-13-15)10(11(16)17)14-21(18,19)12(8-20-2)5-3-6-12/h4,7,10,14H,3,5-6,8H2,1-2H3,(H,16,17). The molecule has 1 fully saturated rings. The summed E-state index contributed by atoms with van der Waals surface area (Å²) in [6, 6.07) is 0.113. The third kappa shape index (κ3) is 2.81. The molecule has 0 radical (unpaired) electrons. The van der Waals surface area contributed by atoms with Crippen molar-refractivity contribution in [1.29, 1.82) is 0 Å². The maximum Gasteiger partial charge on any atom is 0.327 e. The summed E-state index contributed by atoms with van der Waals surface area (Å²) < 4.78 is 32.7. The fourth-order valence-electron chi connectivity index (χ4n) is 2.51. The number of aryl methyl sites for hydroxylation is 1. The highest BCUT2D eigenvalue weighted by Gasteiger charge is 2.50. The van der Waals surface area contributed by atoms with Gasteiger partial charge in [-0.3, -0.25) is 9.48 Å². The van der Waals surface area contributed by atoms with Gasteiger partial charge >= 0.3 is 5.97 Å². The van der Waals surface area contributed by atoms with Crippen molar-refractivity contribution in [3.8, 4) is 0 Å². The van der Waals surface area contributed by atoms with Gasteiger partial charge in [0.2, 0.25) is 10.0 Å². The second kappa shape index (κ2) is 5.74. The molecule has 0 spiro atoms. The van der Waals surface area contributed by atoms with Gasteiger partial charge in [0.25, 0.3) is 0 Å². The van der Waals surface area contributed by atoms with Gasteiger partial charge in [-0.2, -0.15) is 9.82 Å². The molecule has 0 amide bonds. The number of nitrogens with one attached hydrogen (secondary N) is 1. The zero-order valence-electron chi connectivity index (χ0n) is 11.9. The fraction of sp³-hybridized carbons (Fsp3) is 0.667. The maximum absolute atomic E-state index is 12.6. The van der Waals surface area contributed by atoms with Crippen LogP contribution >= 0.6 is 0 Å². The van der Waals surface area contributed by atoms with Gasteiger partial charge in [-0.1, -0.05) is 6.42 Å². The Morgan fingerprint density at radius 2 is 2.29 bits per heavy atom. The smallest absolute Gasteiger partial charge is 0.327 e. The van der Waals surface area contributed by atoms with Crippen LogP contribution < -0.4 is 4.72 Å². The number of hydrogen-bond acceptors (Lipinski definition) is 5. The van der Waals surface area contributed by atoms with Gasteiger partial charge in [-0.05, 0) is 18.9 Å². The Balaban J connectivity index is 2.28. The van der Waals surface area contributed by atoms with Gasteiger partial charge < -0.3 is 9.84 Å². The van der Waals surface area contributed by atoms with Gasteiger partial charge in [-0.15, -0.1) is 0 Å². The first-order chi connectivity index (χ1) is 9.83. The lowest BCUT2D eigenvalue weighted by atomic mass is 9.85. The molecule has 1 aromatic rings. The molecule has 21 heavy (non-hydrogen) atoms. The minimum atomic E-state index is -3.83. The van der Waals surface area contributed by atoms with Crippen molar-refractivity contribution >= 4 is 16.0 Å². The molecular formula is C12H19N3O5S. The summed E-state index contributed by atoms with van der Waals surface area (Å²) in [7, 11) is -0.832. The topological polar surface area (TPSA) is 111 Å². The van der Waals surface area contributed by atoms with Gasteiger partial charge in [0.15, 0.2) is 6.04 Å². The Kier molecular flexibility index (Phi) is 4.35. The van der Waals surface area contributed by atoms with Crippen molar-refractivity contribution in [3.05, 3.63) is 18.0 Å². The average Bonchev–Trinajstić information content (AvgIpc) is 2.76. The van der Waals surface area contributed by atoms with E-state index in [1.807, 2.05) is 0 Å². The van der Waals surface area contributed by atoms with E-state index in [-0.39, 0.29) is 12.3 Å². The van der Waals surface area contributed by atoms with Crippen LogP contribution in [0.1, 0.15) is 31.0 Å². The number of methoxy groups -OCH3 is 1. The molecule has 0 saturated heterocycles. The van der Waals surface area contributed by atoms with Gasteiger partial charge in [0, 0.05) is 20.4 Å². The number of aliphatic carboxylic acids is 1. The number of carboxylic acid groups (broad SMARTS) is 1. The van der Waals surface area contributed by atoms with Crippen LogP contribution in [0.4, 0.5) is 0 Å². The minimum absolute atomic E-state index is 0.0556. The summed E-state index contributed by atoms with van der Waals surface area (Å²) in [4.78, 5) is 11.4. The van der Waals surface area contributed by atoms with Crippen LogP contribution in [-0.2, 0) is 26.6 Å². The Bertz CT molecular complexity index is 621. The van der Waals surface area contributed by atoms with Crippen LogP contribution in [-0.4, -0.2) is 47.7 Å². The summed E-state index contributed by atoms with van der Waals surface area (Å²) in [6.45, 7) is 0.0556. The molecule has 1 aromatic heterocycles. The van der Waals surface area contributed by atoms with E-state index in [0.29, 0.717) is 12.8 Å². The van der Waals surface area contributed by atoms with E-state index >= 15 is 0 Å². The number of ether oxygens (including phenoxy) is 1. The first-order valence-electron chi connectivity index (χ1n) is 6.54. The molecule has 1 unspecified atom stereocenters. The second-order valence-corrected chi connectivity index (χ2v) is 7.35. The normalized spacial score (nSPS) is 19.0. The van der Waals surface area contributed by atoms with Crippen LogP contribution in [0.2, 0.25) is 0 Å². The summed E-state index contributed by atoms with van der Waals surface area (Å²) >= 11 is 0. The van der Waals surface area contributed by atoms with Crippen molar-refractivity contribution in [2.24, 2.45) is 7.05 Å². The Hall–Kier alpha value is -1.45. The number of rotatable bonds is 7. The van der Waals surface area contributed by atoms with Crippen LogP contribution in [0.5, 0.6) is 0 Å². The van der Waals surface area contributed by atoms with Crippen molar-refractivity contribution < 1.29 is 23.1 Å². The zero-order chi connectivity index (χ0) is 15.7. The predicted molar refractivity (Wildman–Crippen MR) is 74.1 cm³/mol. The van der Waals surface area contributed by atoms with Crippen LogP contribution in [0, 0.1) is 0 Å². The predicted octanol–water partition coefficient (Wildman–Crippen LogP) is 0.0343. The first-order valence-corrected chi connectivity index (χ1v) is 8.03. The summed E-state index contributed by atoms with van der Waals surface area (Å²) in [6.07, 6.45) is 3.14. The fourth-order valence-corrected chi connectivity index (χ4v) is 4.39. The first kappa shape index (κ1) is 15.9. The van der Waals surface area contributed by atoms with E-state index in [4.69, 9.17) is 4.74 Å². The zero-order valence-corrected chi connectivity index (χ0v) is 12.8. The third-order valence-corrected chi connectivity index (χ3v) is 6.13. The van der Waals surface area contributed by atoms with Crippen molar-refractivity contribution in [3.63, 3.8) is 0 Å². The average molecular weight is 317 g/mol. The van der Waals surface area contributed by atoms with E-state index in [2.05, 4.69) is 9.82 Å². The van der Waals surface area contributed by atoms with Crippen LogP contribution in [0.3, 0.4) is 0 Å². The summed E-state index contributed by atoms with van der Waals surface area (Å²) in [5.41, 5.74) is 0.276. The Labute approximate surface area is 123 Å². The minimum Gasteiger partial charge on any atom is -0.480 e. The number of carboxylic acids is 1. The molecule has 0 aliphatic heterocycles. The van der Waals surface area contributed by atoms with Crippen LogP contribution in [0.15, 0.2) is 12.3 Å². The lowest BCUT2D eigenvalue weighted by Gasteiger charge is -2.40. The highest BCUT2D eigenvalue weighted by molar-refractivity contribution is 7.91. The molecule has 1 aliphatic rings. The number of aromatic nitrogens is 2. The quantitative estimate of drug-likeness (QED) is 0.734. The lowest BCUT2D eigenvalue weighted by Crippen LogP contribution is -2.55.